The summed E-state index contributed by atoms with van der Waals surface area (Å²) in [6.45, 7) is 3.41. The van der Waals surface area contributed by atoms with E-state index in [1.165, 1.54) is 7.11 Å². The van der Waals surface area contributed by atoms with Crippen molar-refractivity contribution in [3.05, 3.63) is 23.8 Å². The number of aliphatic carboxylic acids is 1. The van der Waals surface area contributed by atoms with Crippen molar-refractivity contribution in [1.82, 2.24) is 4.90 Å². The largest absolute Gasteiger partial charge is 0.493 e. The Balaban J connectivity index is 1.89. The van der Waals surface area contributed by atoms with Crippen LogP contribution in [0.3, 0.4) is 0 Å². The first-order valence-electron chi connectivity index (χ1n) is 10.6. The van der Waals surface area contributed by atoms with Gasteiger partial charge >= 0.3 is 5.97 Å². The lowest BCUT2D eigenvalue weighted by Crippen LogP contribution is -2.61. The van der Waals surface area contributed by atoms with Gasteiger partial charge in [0.1, 0.15) is 24.1 Å². The van der Waals surface area contributed by atoms with Gasteiger partial charge in [-0.1, -0.05) is 13.0 Å². The van der Waals surface area contributed by atoms with Gasteiger partial charge < -0.3 is 39.5 Å². The number of aliphatic hydroxyl groups is 3. The molecule has 178 valence electrons. The number of hydrogen-bond donors (Lipinski definition) is 4. The number of carboxylic acid groups (broad SMARTS) is 1. The van der Waals surface area contributed by atoms with Crippen LogP contribution in [-0.4, -0.2) is 95.0 Å². The third-order valence-corrected chi connectivity index (χ3v) is 6.47. The van der Waals surface area contributed by atoms with Crippen molar-refractivity contribution in [2.24, 2.45) is 0 Å². The fourth-order valence-corrected chi connectivity index (χ4v) is 4.40. The molecule has 1 aromatic carbocycles. The van der Waals surface area contributed by atoms with E-state index >= 15 is 0 Å². The number of piperidine rings is 1. The highest BCUT2D eigenvalue weighted by Crippen LogP contribution is 2.41. The molecule has 10 nitrogen and oxygen atoms in total. The Morgan fingerprint density at radius 3 is 2.34 bits per heavy atom. The number of aliphatic hydroxyl groups excluding tert-OH is 3. The Bertz CT molecular complexity index is 837. The minimum atomic E-state index is -1.81. The molecule has 2 saturated heterocycles. The maximum atomic E-state index is 13.0. The van der Waals surface area contributed by atoms with Crippen molar-refractivity contribution in [2.75, 3.05) is 27.2 Å². The zero-order valence-electron chi connectivity index (χ0n) is 18.4. The summed E-state index contributed by atoms with van der Waals surface area (Å²) < 4.78 is 16.3. The van der Waals surface area contributed by atoms with Crippen LogP contribution in [0.15, 0.2) is 18.2 Å². The van der Waals surface area contributed by atoms with E-state index in [-0.39, 0.29) is 17.3 Å². The molecule has 2 fully saturated rings. The molecule has 0 unspecified atom stereocenters. The predicted molar refractivity (Wildman–Crippen MR) is 112 cm³/mol. The predicted octanol–water partition coefficient (Wildman–Crippen LogP) is -0.0913. The third-order valence-electron chi connectivity index (χ3n) is 6.47. The van der Waals surface area contributed by atoms with Gasteiger partial charge in [-0.3, -0.25) is 4.79 Å². The van der Waals surface area contributed by atoms with Gasteiger partial charge in [-0.25, -0.2) is 4.79 Å². The van der Waals surface area contributed by atoms with Gasteiger partial charge in [-0.15, -0.1) is 0 Å². The lowest BCUT2D eigenvalue weighted by atomic mass is 9.69. The van der Waals surface area contributed by atoms with Gasteiger partial charge in [0, 0.05) is 6.42 Å². The number of carboxylic acids is 1. The molecule has 0 amide bonds. The second kappa shape index (κ2) is 9.72. The number of nitrogens with zero attached hydrogens (tertiary/aromatic N) is 1. The molecular formula is C22H31NO9. The normalized spacial score (nSPS) is 30.5. The Kier molecular flexibility index (Phi) is 7.41. The van der Waals surface area contributed by atoms with Gasteiger partial charge in [0.25, 0.3) is 0 Å². The van der Waals surface area contributed by atoms with Crippen LogP contribution in [0.4, 0.5) is 0 Å². The van der Waals surface area contributed by atoms with E-state index in [1.54, 1.807) is 18.2 Å². The number of Topliss-reactive ketones (excluding diaryl/α,β-unsaturated/α-hetero) is 1. The number of likely N-dealkylation sites (tertiary alicyclic amines) is 1. The van der Waals surface area contributed by atoms with E-state index in [0.29, 0.717) is 19.3 Å². The molecule has 0 bridgehead atoms. The number of carbonyl (C=O) groups excluding carboxylic acids is 1. The lowest BCUT2D eigenvalue weighted by molar-refractivity contribution is -0.271. The molecule has 4 N–H and O–H groups in total. The van der Waals surface area contributed by atoms with Crippen molar-refractivity contribution < 1.29 is 44.2 Å². The smallest absolute Gasteiger partial charge is 0.335 e. The Morgan fingerprint density at radius 1 is 1.12 bits per heavy atom. The number of rotatable bonds is 7. The van der Waals surface area contributed by atoms with E-state index < -0.39 is 42.1 Å². The first-order valence-corrected chi connectivity index (χ1v) is 10.6. The average molecular weight is 453 g/mol. The Hall–Kier alpha value is -2.24. The summed E-state index contributed by atoms with van der Waals surface area (Å²) in [6, 6.07) is 5.04. The molecule has 10 heteroatoms. The third kappa shape index (κ3) is 4.46. The zero-order valence-corrected chi connectivity index (χ0v) is 18.4. The van der Waals surface area contributed by atoms with Crippen molar-refractivity contribution in [1.29, 1.82) is 0 Å². The van der Waals surface area contributed by atoms with Gasteiger partial charge in [0.15, 0.2) is 17.6 Å². The summed E-state index contributed by atoms with van der Waals surface area (Å²) in [4.78, 5) is 26.4. The van der Waals surface area contributed by atoms with Crippen LogP contribution in [0.2, 0.25) is 0 Å². The molecular weight excluding hydrogens is 422 g/mol. The number of ketones is 1. The number of benzene rings is 1. The summed E-state index contributed by atoms with van der Waals surface area (Å²) in [5, 5.41) is 39.3. The van der Waals surface area contributed by atoms with Gasteiger partial charge in [0.05, 0.1) is 12.5 Å². The average Bonchev–Trinajstić information content (AvgIpc) is 2.79. The Morgan fingerprint density at radius 2 is 1.78 bits per heavy atom. The van der Waals surface area contributed by atoms with Gasteiger partial charge in [-0.05, 0) is 50.7 Å². The van der Waals surface area contributed by atoms with E-state index in [4.69, 9.17) is 14.2 Å². The fourth-order valence-electron chi connectivity index (χ4n) is 4.40. The summed E-state index contributed by atoms with van der Waals surface area (Å²) in [5.74, 6) is -0.941. The number of ether oxygens (including phenoxy) is 3. The van der Waals surface area contributed by atoms with Crippen LogP contribution in [0.1, 0.15) is 31.7 Å². The summed E-state index contributed by atoms with van der Waals surface area (Å²) in [7, 11) is 3.44. The topological polar surface area (TPSA) is 146 Å². The minimum Gasteiger partial charge on any atom is -0.493 e. The molecule has 1 aromatic rings. The van der Waals surface area contributed by atoms with Crippen LogP contribution < -0.4 is 9.47 Å². The summed E-state index contributed by atoms with van der Waals surface area (Å²) in [6.07, 6.45) is -6.84. The van der Waals surface area contributed by atoms with Crippen molar-refractivity contribution in [3.63, 3.8) is 0 Å². The van der Waals surface area contributed by atoms with E-state index in [0.717, 1.165) is 18.7 Å². The molecule has 2 aliphatic heterocycles. The lowest BCUT2D eigenvalue weighted by Gasteiger charge is -2.40. The fraction of sp³-hybridized carbons (Fsp3) is 0.636. The first-order chi connectivity index (χ1) is 15.1. The molecule has 0 saturated carbocycles. The maximum absolute atomic E-state index is 13.0. The SMILES string of the molecule is CCC(=O)C1(c2ccc(O[C@@H]3O[C@H](C(=O)O)[C@@H](O)[C@H](O)[C@H]3O)c(OC)c2)CCN(C)CC1. The molecule has 2 aliphatic rings. The van der Waals surface area contributed by atoms with Crippen LogP contribution in [0.5, 0.6) is 11.5 Å². The van der Waals surface area contributed by atoms with E-state index in [9.17, 15) is 30.0 Å². The number of carbonyl (C=O) groups is 2. The zero-order chi connectivity index (χ0) is 23.6. The summed E-state index contributed by atoms with van der Waals surface area (Å²) in [5.41, 5.74) is 0.161. The highest BCUT2D eigenvalue weighted by molar-refractivity contribution is 5.90. The second-order valence-corrected chi connectivity index (χ2v) is 8.38. The van der Waals surface area contributed by atoms with E-state index in [2.05, 4.69) is 4.90 Å². The molecule has 2 heterocycles. The molecule has 5 atom stereocenters. The first kappa shape index (κ1) is 24.4. The van der Waals surface area contributed by atoms with Gasteiger partial charge in [0.2, 0.25) is 6.29 Å². The highest BCUT2D eigenvalue weighted by Gasteiger charge is 2.48. The maximum Gasteiger partial charge on any atom is 0.335 e. The number of methoxy groups -OCH3 is 1. The number of hydrogen-bond acceptors (Lipinski definition) is 9. The van der Waals surface area contributed by atoms with Gasteiger partial charge in [-0.2, -0.15) is 0 Å². The van der Waals surface area contributed by atoms with Crippen molar-refractivity contribution in [3.8, 4) is 11.5 Å². The monoisotopic (exact) mass is 453 g/mol. The minimum absolute atomic E-state index is 0.139. The van der Waals surface area contributed by atoms with Crippen molar-refractivity contribution >= 4 is 11.8 Å². The molecule has 0 spiro atoms. The molecule has 0 aromatic heterocycles. The molecule has 3 rings (SSSR count). The Labute approximate surface area is 186 Å². The molecule has 32 heavy (non-hydrogen) atoms. The van der Waals surface area contributed by atoms with Crippen LogP contribution in [-0.2, 0) is 19.7 Å². The quantitative estimate of drug-likeness (QED) is 0.442. The van der Waals surface area contributed by atoms with Crippen LogP contribution in [0, 0.1) is 0 Å². The highest BCUT2D eigenvalue weighted by atomic mass is 16.7. The van der Waals surface area contributed by atoms with Crippen LogP contribution >= 0.6 is 0 Å². The standard InChI is InChI=1S/C22H31NO9/c1-4-15(24)22(7-9-23(2)10-8-22)12-5-6-13(14(11-12)30-3)31-21-18(27)16(25)17(26)19(32-21)20(28)29/h5-6,11,16-19,21,25-27H,4,7-10H2,1-3H3,(H,28,29)/t16-,17-,18+,19-,21+/m0/s1. The molecule has 0 radical (unpaired) electrons. The second-order valence-electron chi connectivity index (χ2n) is 8.38. The molecule has 0 aliphatic carbocycles. The summed E-state index contributed by atoms with van der Waals surface area (Å²) >= 11 is 0. The van der Waals surface area contributed by atoms with Crippen molar-refractivity contribution in [2.45, 2.75) is 62.3 Å². The van der Waals surface area contributed by atoms with E-state index in [1.807, 2.05) is 14.0 Å². The van der Waals surface area contributed by atoms with Crippen LogP contribution in [0.25, 0.3) is 0 Å².